The molecule has 0 fully saturated rings. The van der Waals surface area contributed by atoms with Crippen molar-refractivity contribution in [3.63, 3.8) is 0 Å². The van der Waals surface area contributed by atoms with E-state index in [0.717, 1.165) is 12.8 Å². The van der Waals surface area contributed by atoms with Crippen LogP contribution in [0, 0.1) is 0 Å². The number of amides is 2. The van der Waals surface area contributed by atoms with Crippen LogP contribution in [-0.4, -0.2) is 27.7 Å². The number of hydrogen-bond donors (Lipinski definition) is 4. The van der Waals surface area contributed by atoms with E-state index in [1.807, 2.05) is 0 Å². The molecule has 1 aliphatic rings. The average molecular weight is 452 g/mol. The molecule has 0 radical (unpaired) electrons. The lowest BCUT2D eigenvalue weighted by atomic mass is 10.1. The van der Waals surface area contributed by atoms with Gasteiger partial charge in [-0.25, -0.2) is 4.72 Å². The van der Waals surface area contributed by atoms with Gasteiger partial charge in [0, 0.05) is 12.6 Å². The van der Waals surface area contributed by atoms with Crippen molar-refractivity contribution in [3.8, 4) is 5.75 Å². The van der Waals surface area contributed by atoms with Crippen molar-refractivity contribution in [1.82, 2.24) is 4.72 Å². The maximum Gasteiger partial charge on any atom is 0.287 e. The van der Waals surface area contributed by atoms with E-state index in [-0.39, 0.29) is 5.75 Å². The van der Waals surface area contributed by atoms with Crippen molar-refractivity contribution < 1.29 is 23.1 Å². The fourth-order valence-corrected chi connectivity index (χ4v) is 3.92. The Balaban J connectivity index is 1.66. The number of anilines is 2. The molecule has 0 bridgehead atoms. The Hall–Kier alpha value is -2.39. The van der Waals surface area contributed by atoms with E-state index >= 15 is 0 Å². The summed E-state index contributed by atoms with van der Waals surface area (Å²) in [5.74, 6) is -1.18. The standard InChI is InChI=1S/C22H33N3O5S/c1-2-3-4-5-6-7-8-9-10-11-14-23-31(29)30-17-12-13-19-20(15-17)25-22(28)18(16-26)21(27)24-19/h12-13,15-16,23,26H,2-11,14H2,1H3,(H,24,27)(H,25,28)/b18-16-. The maximum absolute atomic E-state index is 12.1. The second-order valence-electron chi connectivity index (χ2n) is 7.55. The van der Waals surface area contributed by atoms with E-state index in [0.29, 0.717) is 24.2 Å². The normalized spacial score (nSPS) is 15.7. The number of aliphatic hydroxyl groups is 1. The molecule has 0 saturated carbocycles. The van der Waals surface area contributed by atoms with E-state index < -0.39 is 28.7 Å². The van der Waals surface area contributed by atoms with Crippen molar-refractivity contribution in [2.24, 2.45) is 0 Å². The molecule has 4 N–H and O–H groups in total. The molecule has 2 rings (SSSR count). The summed E-state index contributed by atoms with van der Waals surface area (Å²) in [7, 11) is 0. The molecule has 8 nitrogen and oxygen atoms in total. The smallest absolute Gasteiger partial charge is 0.287 e. The molecule has 1 atom stereocenters. The summed E-state index contributed by atoms with van der Waals surface area (Å²) >= 11 is -1.72. The molecule has 2 amide bonds. The Morgan fingerprint density at radius 3 is 2.13 bits per heavy atom. The van der Waals surface area contributed by atoms with Gasteiger partial charge < -0.3 is 19.9 Å². The van der Waals surface area contributed by atoms with Gasteiger partial charge in [0.25, 0.3) is 23.1 Å². The summed E-state index contributed by atoms with van der Waals surface area (Å²) in [5, 5.41) is 14.1. The highest BCUT2D eigenvalue weighted by Crippen LogP contribution is 2.30. The van der Waals surface area contributed by atoms with Crippen LogP contribution in [0.4, 0.5) is 11.4 Å². The number of benzene rings is 1. The first-order valence-corrected chi connectivity index (χ1v) is 12.1. The number of fused-ring (bicyclic) bond motifs is 1. The van der Waals surface area contributed by atoms with E-state index in [1.54, 1.807) is 6.07 Å². The Kier molecular flexibility index (Phi) is 11.1. The van der Waals surface area contributed by atoms with Crippen molar-refractivity contribution in [1.29, 1.82) is 0 Å². The van der Waals surface area contributed by atoms with Crippen LogP contribution in [0.1, 0.15) is 71.1 Å². The highest BCUT2D eigenvalue weighted by Gasteiger charge is 2.25. The zero-order valence-electron chi connectivity index (χ0n) is 18.1. The number of unbranched alkanes of at least 4 members (excludes halogenated alkanes) is 9. The van der Waals surface area contributed by atoms with Gasteiger partial charge in [0.15, 0.2) is 0 Å². The van der Waals surface area contributed by atoms with Crippen LogP contribution in [0.15, 0.2) is 30.0 Å². The van der Waals surface area contributed by atoms with Crippen LogP contribution >= 0.6 is 0 Å². The topological polar surface area (TPSA) is 117 Å². The molecule has 0 aliphatic carbocycles. The number of hydrogen-bond acceptors (Lipinski definition) is 5. The lowest BCUT2D eigenvalue weighted by Crippen LogP contribution is -2.22. The second-order valence-corrected chi connectivity index (χ2v) is 8.48. The molecule has 1 heterocycles. The van der Waals surface area contributed by atoms with Crippen LogP contribution in [0.5, 0.6) is 5.75 Å². The third-order valence-electron chi connectivity index (χ3n) is 5.03. The summed E-state index contributed by atoms with van der Waals surface area (Å²) < 4.78 is 20.3. The minimum Gasteiger partial charge on any atom is -0.515 e. The molecule has 172 valence electrons. The molecule has 1 aliphatic heterocycles. The quantitative estimate of drug-likeness (QED) is 0.144. The SMILES string of the molecule is CCCCCCCCCCCCNS(=O)Oc1ccc2c(c1)NC(=O)/C(=C\O)C(=O)N2. The average Bonchev–Trinajstić information content (AvgIpc) is 2.86. The van der Waals surface area contributed by atoms with Crippen LogP contribution in [-0.2, 0) is 20.9 Å². The lowest BCUT2D eigenvalue weighted by molar-refractivity contribution is -0.118. The van der Waals surface area contributed by atoms with Crippen LogP contribution in [0.3, 0.4) is 0 Å². The molecule has 31 heavy (non-hydrogen) atoms. The van der Waals surface area contributed by atoms with Gasteiger partial charge in [0.2, 0.25) is 0 Å². The molecule has 1 aromatic carbocycles. The summed E-state index contributed by atoms with van der Waals surface area (Å²) in [5.41, 5.74) is 0.242. The fourth-order valence-electron chi connectivity index (χ4n) is 3.27. The minimum absolute atomic E-state index is 0.277. The highest BCUT2D eigenvalue weighted by molar-refractivity contribution is 7.78. The summed E-state index contributed by atoms with van der Waals surface area (Å²) in [6.45, 7) is 2.82. The second kappa shape index (κ2) is 13.8. The molecule has 1 unspecified atom stereocenters. The molecule has 0 saturated heterocycles. The van der Waals surface area contributed by atoms with Gasteiger partial charge in [-0.2, -0.15) is 4.21 Å². The highest BCUT2D eigenvalue weighted by atomic mass is 32.2. The van der Waals surface area contributed by atoms with E-state index in [1.165, 1.54) is 63.5 Å². The van der Waals surface area contributed by atoms with Gasteiger partial charge in [-0.1, -0.05) is 64.7 Å². The van der Waals surface area contributed by atoms with Crippen LogP contribution in [0.2, 0.25) is 0 Å². The van der Waals surface area contributed by atoms with Crippen molar-refractivity contribution in [2.75, 3.05) is 17.2 Å². The number of carbonyl (C=O) groups excluding carboxylic acids is 2. The molecule has 9 heteroatoms. The third-order valence-corrected chi connectivity index (χ3v) is 5.81. The molecular weight excluding hydrogens is 418 g/mol. The monoisotopic (exact) mass is 451 g/mol. The van der Waals surface area contributed by atoms with E-state index in [9.17, 15) is 13.8 Å². The maximum atomic E-state index is 12.1. The van der Waals surface area contributed by atoms with Crippen LogP contribution in [0.25, 0.3) is 0 Å². The molecule has 1 aromatic rings. The van der Waals surface area contributed by atoms with Crippen molar-refractivity contribution >= 4 is 34.5 Å². The zero-order valence-corrected chi connectivity index (χ0v) is 18.9. The molecule has 0 aromatic heterocycles. The predicted molar refractivity (Wildman–Crippen MR) is 123 cm³/mol. The van der Waals surface area contributed by atoms with Gasteiger partial charge in [-0.05, 0) is 18.6 Å². The summed E-state index contributed by atoms with van der Waals surface area (Å²) in [4.78, 5) is 23.8. The number of aliphatic hydroxyl groups excluding tert-OH is 1. The third kappa shape index (κ3) is 8.70. The predicted octanol–water partition coefficient (Wildman–Crippen LogP) is 4.49. The Bertz CT molecular complexity index is 797. The minimum atomic E-state index is -1.72. The Morgan fingerprint density at radius 1 is 0.935 bits per heavy atom. The molecule has 0 spiro atoms. The van der Waals surface area contributed by atoms with Crippen molar-refractivity contribution in [2.45, 2.75) is 71.1 Å². The van der Waals surface area contributed by atoms with Gasteiger partial charge in [0.05, 0.1) is 17.6 Å². The first kappa shape index (κ1) is 24.9. The first-order chi connectivity index (χ1) is 15.0. The summed E-state index contributed by atoms with van der Waals surface area (Å²) in [6, 6.07) is 4.54. The summed E-state index contributed by atoms with van der Waals surface area (Å²) in [6.07, 6.45) is 12.8. The van der Waals surface area contributed by atoms with E-state index in [2.05, 4.69) is 22.3 Å². The zero-order chi connectivity index (χ0) is 22.5. The number of rotatable bonds is 14. The van der Waals surface area contributed by atoms with Gasteiger partial charge >= 0.3 is 0 Å². The van der Waals surface area contributed by atoms with Crippen LogP contribution < -0.4 is 19.5 Å². The van der Waals surface area contributed by atoms with Gasteiger partial charge in [0.1, 0.15) is 11.3 Å². The number of carbonyl (C=O) groups is 2. The van der Waals surface area contributed by atoms with Crippen molar-refractivity contribution in [3.05, 3.63) is 30.0 Å². The largest absolute Gasteiger partial charge is 0.515 e. The Labute approximate surface area is 186 Å². The lowest BCUT2D eigenvalue weighted by Gasteiger charge is -2.10. The fraction of sp³-hybridized carbons (Fsp3) is 0.545. The Morgan fingerprint density at radius 2 is 1.52 bits per heavy atom. The van der Waals surface area contributed by atoms with E-state index in [4.69, 9.17) is 9.29 Å². The van der Waals surface area contributed by atoms with Gasteiger partial charge in [-0.3, -0.25) is 9.59 Å². The first-order valence-electron chi connectivity index (χ1n) is 11.0. The number of nitrogens with one attached hydrogen (secondary N) is 3. The van der Waals surface area contributed by atoms with Gasteiger partial charge in [-0.15, -0.1) is 0 Å². The molecular formula is C22H33N3O5S.